The standard InChI is InChI=1S/C30H37N9O3/c1-20-35(2)26-28(33-30(31)39-29(26)32-27(34-39)25-11-10-24(42-25)21-4-5-21)38(20)17-14-36-12-15-37(16-13-36)22-6-8-23(9-7-22)41-19-18-40-3/h6-11,21H,1,4-5,12-19H2,2-3H3,(H2,31,33). The van der Waals surface area contributed by atoms with E-state index in [0.29, 0.717) is 36.4 Å². The molecule has 0 atom stereocenters. The van der Waals surface area contributed by atoms with E-state index in [0.717, 1.165) is 68.1 Å². The van der Waals surface area contributed by atoms with Crippen LogP contribution in [0.4, 0.5) is 23.1 Å². The highest BCUT2D eigenvalue weighted by molar-refractivity contribution is 5.90. The molecular formula is C30H37N9O3. The molecule has 1 aliphatic carbocycles. The van der Waals surface area contributed by atoms with Gasteiger partial charge in [0.15, 0.2) is 17.2 Å². The lowest BCUT2D eigenvalue weighted by molar-refractivity contribution is 0.146. The number of piperazine rings is 1. The number of hydrogen-bond donors (Lipinski definition) is 1. The number of aromatic nitrogens is 4. The Kier molecular flexibility index (Phi) is 6.87. The fourth-order valence-electron chi connectivity index (χ4n) is 5.72. The van der Waals surface area contributed by atoms with Crippen molar-refractivity contribution in [3.05, 3.63) is 54.6 Å². The van der Waals surface area contributed by atoms with E-state index in [1.807, 2.05) is 36.2 Å². The van der Waals surface area contributed by atoms with E-state index in [4.69, 9.17) is 29.6 Å². The van der Waals surface area contributed by atoms with Crippen LogP contribution < -0.4 is 25.2 Å². The molecule has 0 bridgehead atoms. The molecule has 5 heterocycles. The zero-order valence-corrected chi connectivity index (χ0v) is 24.2. The van der Waals surface area contributed by atoms with E-state index in [9.17, 15) is 0 Å². The summed E-state index contributed by atoms with van der Waals surface area (Å²) in [5.41, 5.74) is 9.11. The summed E-state index contributed by atoms with van der Waals surface area (Å²) < 4.78 is 18.4. The van der Waals surface area contributed by atoms with Gasteiger partial charge in [-0.15, -0.1) is 5.10 Å². The molecule has 12 nitrogen and oxygen atoms in total. The van der Waals surface area contributed by atoms with Gasteiger partial charge in [-0.25, -0.2) is 4.98 Å². The van der Waals surface area contributed by atoms with Crippen molar-refractivity contribution >= 4 is 28.8 Å². The molecule has 3 aliphatic rings. The van der Waals surface area contributed by atoms with Gasteiger partial charge < -0.3 is 34.3 Å². The zero-order chi connectivity index (χ0) is 28.8. The summed E-state index contributed by atoms with van der Waals surface area (Å²) in [4.78, 5) is 18.6. The Bertz CT molecular complexity index is 1590. The topological polar surface area (TPSA) is 114 Å². The van der Waals surface area contributed by atoms with Gasteiger partial charge in [-0.05, 0) is 49.2 Å². The lowest BCUT2D eigenvalue weighted by atomic mass is 10.2. The van der Waals surface area contributed by atoms with Gasteiger partial charge in [0, 0.05) is 65.0 Å². The number of furan rings is 1. The summed E-state index contributed by atoms with van der Waals surface area (Å²) in [6.45, 7) is 11.0. The fraction of sp³-hybridized carbons (Fsp3) is 0.433. The van der Waals surface area contributed by atoms with Crippen LogP contribution in [-0.2, 0) is 4.74 Å². The second-order valence-corrected chi connectivity index (χ2v) is 11.1. The Hall–Kier alpha value is -4.29. The number of nitrogens with two attached hydrogens (primary N) is 1. The molecule has 2 N–H and O–H groups in total. The van der Waals surface area contributed by atoms with Crippen LogP contribution in [0, 0.1) is 0 Å². The molecule has 2 fully saturated rings. The minimum absolute atomic E-state index is 0.285. The Balaban J connectivity index is 1.01. The van der Waals surface area contributed by atoms with Gasteiger partial charge in [-0.2, -0.15) is 9.50 Å². The Morgan fingerprint density at radius 1 is 1.00 bits per heavy atom. The third-order valence-electron chi connectivity index (χ3n) is 8.36. The second-order valence-electron chi connectivity index (χ2n) is 11.1. The predicted molar refractivity (Wildman–Crippen MR) is 162 cm³/mol. The SMILES string of the molecule is C=C1N(C)c2c(nc(N)n3nc(-c4ccc(C5CC5)o4)nc23)N1CCN1CCN(c2ccc(OCCOC)cc2)CC1. The molecule has 4 aromatic rings. The average Bonchev–Trinajstić information content (AvgIpc) is 3.47. The van der Waals surface area contributed by atoms with Gasteiger partial charge in [-0.3, -0.25) is 4.90 Å². The van der Waals surface area contributed by atoms with E-state index in [-0.39, 0.29) is 5.95 Å². The lowest BCUT2D eigenvalue weighted by Gasteiger charge is -2.37. The quantitative estimate of drug-likeness (QED) is 0.283. The third-order valence-corrected chi connectivity index (χ3v) is 8.36. The number of nitrogen functional groups attached to an aromatic ring is 1. The maximum atomic E-state index is 6.40. The minimum Gasteiger partial charge on any atom is -0.491 e. The smallest absolute Gasteiger partial charge is 0.225 e. The Morgan fingerprint density at radius 2 is 1.79 bits per heavy atom. The number of nitrogens with zero attached hydrogens (tertiary/aromatic N) is 8. The molecule has 0 spiro atoms. The first-order valence-electron chi connectivity index (χ1n) is 14.6. The molecule has 0 unspecified atom stereocenters. The molecule has 0 amide bonds. The van der Waals surface area contributed by atoms with Gasteiger partial charge in [0.2, 0.25) is 11.8 Å². The highest BCUT2D eigenvalue weighted by atomic mass is 16.5. The Labute approximate surface area is 244 Å². The van der Waals surface area contributed by atoms with Crippen LogP contribution in [0.25, 0.3) is 17.2 Å². The first kappa shape index (κ1) is 26.6. The highest BCUT2D eigenvalue weighted by Gasteiger charge is 2.35. The van der Waals surface area contributed by atoms with E-state index in [1.54, 1.807) is 11.6 Å². The molecular weight excluding hydrogens is 534 g/mol. The van der Waals surface area contributed by atoms with Crippen molar-refractivity contribution in [1.82, 2.24) is 24.5 Å². The predicted octanol–water partition coefficient (Wildman–Crippen LogP) is 3.42. The van der Waals surface area contributed by atoms with E-state index in [2.05, 4.69) is 38.5 Å². The van der Waals surface area contributed by atoms with Crippen molar-refractivity contribution in [2.75, 3.05) is 87.1 Å². The Morgan fingerprint density at radius 3 is 2.52 bits per heavy atom. The van der Waals surface area contributed by atoms with E-state index < -0.39 is 0 Å². The first-order chi connectivity index (χ1) is 20.5. The molecule has 7 rings (SSSR count). The van der Waals surface area contributed by atoms with Gasteiger partial charge in [0.05, 0.1) is 6.61 Å². The summed E-state index contributed by atoms with van der Waals surface area (Å²) in [6.07, 6.45) is 2.35. The molecule has 12 heteroatoms. The van der Waals surface area contributed by atoms with Crippen molar-refractivity contribution in [1.29, 1.82) is 0 Å². The lowest BCUT2D eigenvalue weighted by Crippen LogP contribution is -2.48. The van der Waals surface area contributed by atoms with E-state index in [1.165, 1.54) is 18.5 Å². The zero-order valence-electron chi connectivity index (χ0n) is 24.2. The molecule has 2 aliphatic heterocycles. The van der Waals surface area contributed by atoms with Crippen molar-refractivity contribution in [3.8, 4) is 17.3 Å². The normalized spacial score (nSPS) is 17.5. The van der Waals surface area contributed by atoms with Crippen molar-refractivity contribution in [2.45, 2.75) is 18.8 Å². The van der Waals surface area contributed by atoms with Crippen molar-refractivity contribution < 1.29 is 13.9 Å². The summed E-state index contributed by atoms with van der Waals surface area (Å²) >= 11 is 0. The number of hydrogen-bond acceptors (Lipinski definition) is 11. The highest BCUT2D eigenvalue weighted by Crippen LogP contribution is 2.44. The van der Waals surface area contributed by atoms with Crippen LogP contribution in [-0.4, -0.2) is 91.1 Å². The number of benzene rings is 1. The van der Waals surface area contributed by atoms with Crippen LogP contribution in [0.3, 0.4) is 0 Å². The van der Waals surface area contributed by atoms with Crippen LogP contribution in [0.1, 0.15) is 24.5 Å². The van der Waals surface area contributed by atoms with Crippen molar-refractivity contribution in [2.24, 2.45) is 0 Å². The van der Waals surface area contributed by atoms with E-state index >= 15 is 0 Å². The van der Waals surface area contributed by atoms with Gasteiger partial charge >= 0.3 is 0 Å². The molecule has 220 valence electrons. The molecule has 3 aromatic heterocycles. The third kappa shape index (κ3) is 4.90. The van der Waals surface area contributed by atoms with Crippen molar-refractivity contribution in [3.63, 3.8) is 0 Å². The summed E-state index contributed by atoms with van der Waals surface area (Å²) in [6, 6.07) is 12.3. The molecule has 42 heavy (non-hydrogen) atoms. The molecule has 0 radical (unpaired) electrons. The molecule has 1 saturated heterocycles. The van der Waals surface area contributed by atoms with Crippen LogP contribution in [0.15, 0.2) is 53.2 Å². The second kappa shape index (κ2) is 10.8. The number of fused-ring (bicyclic) bond motifs is 3. The van der Waals surface area contributed by atoms with Crippen LogP contribution in [0.5, 0.6) is 5.75 Å². The molecule has 1 aromatic carbocycles. The number of anilines is 4. The van der Waals surface area contributed by atoms with Gasteiger partial charge in [0.25, 0.3) is 0 Å². The van der Waals surface area contributed by atoms with Crippen LogP contribution in [0.2, 0.25) is 0 Å². The fourth-order valence-corrected chi connectivity index (χ4v) is 5.72. The number of rotatable bonds is 10. The largest absolute Gasteiger partial charge is 0.491 e. The maximum Gasteiger partial charge on any atom is 0.225 e. The minimum atomic E-state index is 0.285. The van der Waals surface area contributed by atoms with Crippen LogP contribution >= 0.6 is 0 Å². The van der Waals surface area contributed by atoms with Gasteiger partial charge in [0.1, 0.15) is 29.6 Å². The molecule has 1 saturated carbocycles. The monoisotopic (exact) mass is 571 g/mol. The number of ether oxygens (including phenoxy) is 2. The summed E-state index contributed by atoms with van der Waals surface area (Å²) in [7, 11) is 3.66. The van der Waals surface area contributed by atoms with Gasteiger partial charge in [-0.1, -0.05) is 6.58 Å². The summed E-state index contributed by atoms with van der Waals surface area (Å²) in [5.74, 6) is 5.43. The number of methoxy groups -OCH3 is 1. The maximum absolute atomic E-state index is 6.40. The average molecular weight is 572 g/mol. The first-order valence-corrected chi connectivity index (χ1v) is 14.6. The summed E-state index contributed by atoms with van der Waals surface area (Å²) in [5, 5.41) is 4.64.